The van der Waals surface area contributed by atoms with E-state index >= 15 is 0 Å². The third-order valence-corrected chi connectivity index (χ3v) is 3.32. The van der Waals surface area contributed by atoms with Gasteiger partial charge in [0.2, 0.25) is 0 Å². The summed E-state index contributed by atoms with van der Waals surface area (Å²) < 4.78 is 13.9. The third kappa shape index (κ3) is 2.26. The van der Waals surface area contributed by atoms with Crippen molar-refractivity contribution in [1.29, 1.82) is 0 Å². The zero-order valence-corrected chi connectivity index (χ0v) is 11.0. The fourth-order valence-electron chi connectivity index (χ4n) is 2.33. The van der Waals surface area contributed by atoms with Crippen molar-refractivity contribution in [2.45, 2.75) is 6.04 Å². The molecule has 0 saturated carbocycles. The molecule has 0 aliphatic rings. The van der Waals surface area contributed by atoms with Gasteiger partial charge in [0.1, 0.15) is 5.82 Å². The van der Waals surface area contributed by atoms with Crippen molar-refractivity contribution in [3.63, 3.8) is 0 Å². The van der Waals surface area contributed by atoms with E-state index in [4.69, 9.17) is 0 Å². The van der Waals surface area contributed by atoms with Gasteiger partial charge >= 0.3 is 0 Å². The van der Waals surface area contributed by atoms with E-state index in [1.165, 1.54) is 6.20 Å². The molecule has 1 atom stereocenters. The maximum Gasteiger partial charge on any atom is 0.146 e. The summed E-state index contributed by atoms with van der Waals surface area (Å²) in [5.41, 5.74) is 2.24. The highest BCUT2D eigenvalue weighted by Gasteiger charge is 2.17. The second-order valence-corrected chi connectivity index (χ2v) is 4.55. The maximum atomic E-state index is 13.9. The number of nitrogens with zero attached hydrogens (tertiary/aromatic N) is 2. The molecular formula is C16H14FN3. The quantitative estimate of drug-likeness (QED) is 0.792. The summed E-state index contributed by atoms with van der Waals surface area (Å²) in [5.74, 6) is -0.332. The van der Waals surface area contributed by atoms with Crippen molar-refractivity contribution in [3.05, 3.63) is 71.9 Å². The lowest BCUT2D eigenvalue weighted by Crippen LogP contribution is -2.20. The minimum Gasteiger partial charge on any atom is -0.308 e. The number of benzene rings is 1. The molecule has 3 nitrogen and oxygen atoms in total. The molecule has 2 heterocycles. The molecule has 0 bridgehead atoms. The highest BCUT2D eigenvalue weighted by molar-refractivity contribution is 5.78. The predicted octanol–water partition coefficient (Wildman–Crippen LogP) is 3.08. The van der Waals surface area contributed by atoms with Gasteiger partial charge in [-0.25, -0.2) is 4.39 Å². The van der Waals surface area contributed by atoms with Crippen LogP contribution in [0.5, 0.6) is 0 Å². The first kappa shape index (κ1) is 12.7. The summed E-state index contributed by atoms with van der Waals surface area (Å²) in [6.07, 6.45) is 2.81. The Morgan fingerprint density at radius 2 is 1.95 bits per heavy atom. The normalized spacial score (nSPS) is 12.5. The number of hydrogen-bond donors (Lipinski definition) is 1. The average molecular weight is 267 g/mol. The van der Waals surface area contributed by atoms with Gasteiger partial charge in [-0.15, -0.1) is 0 Å². The second-order valence-electron chi connectivity index (χ2n) is 4.55. The van der Waals surface area contributed by atoms with Crippen LogP contribution in [0, 0.1) is 5.82 Å². The van der Waals surface area contributed by atoms with Gasteiger partial charge in [-0.1, -0.05) is 24.3 Å². The standard InChI is InChI=1S/C16H14FN3/c1-18-16(12-8-9-19-10-13(12)17)15-7-6-11-4-2-3-5-14(11)20-15/h2-10,16,18H,1H3. The van der Waals surface area contributed by atoms with Crippen LogP contribution in [0.2, 0.25) is 0 Å². The van der Waals surface area contributed by atoms with Crippen molar-refractivity contribution in [1.82, 2.24) is 15.3 Å². The number of nitrogens with one attached hydrogen (secondary N) is 1. The number of fused-ring (bicyclic) bond motifs is 1. The molecule has 3 rings (SSSR count). The molecule has 20 heavy (non-hydrogen) atoms. The molecule has 0 aliphatic carbocycles. The van der Waals surface area contributed by atoms with Gasteiger partial charge in [-0.2, -0.15) is 0 Å². The molecule has 1 aromatic carbocycles. The van der Waals surface area contributed by atoms with Crippen LogP contribution in [0.25, 0.3) is 10.9 Å². The molecule has 100 valence electrons. The maximum absolute atomic E-state index is 13.9. The zero-order chi connectivity index (χ0) is 13.9. The van der Waals surface area contributed by atoms with Crippen LogP contribution in [0.3, 0.4) is 0 Å². The van der Waals surface area contributed by atoms with Crippen LogP contribution in [0.4, 0.5) is 4.39 Å². The zero-order valence-electron chi connectivity index (χ0n) is 11.0. The number of hydrogen-bond acceptors (Lipinski definition) is 3. The molecule has 0 aliphatic heterocycles. The minimum atomic E-state index is -0.332. The van der Waals surface area contributed by atoms with E-state index in [1.807, 2.05) is 36.4 Å². The summed E-state index contributed by atoms with van der Waals surface area (Å²) >= 11 is 0. The Hall–Kier alpha value is -2.33. The molecule has 3 aromatic rings. The Kier molecular flexibility index (Phi) is 3.39. The lowest BCUT2D eigenvalue weighted by molar-refractivity contribution is 0.566. The molecule has 0 fully saturated rings. The van der Waals surface area contributed by atoms with E-state index in [9.17, 15) is 4.39 Å². The van der Waals surface area contributed by atoms with Crippen LogP contribution >= 0.6 is 0 Å². The Balaban J connectivity index is 2.10. The molecule has 1 unspecified atom stereocenters. The van der Waals surface area contributed by atoms with Crippen LogP contribution < -0.4 is 5.32 Å². The molecule has 0 amide bonds. The van der Waals surface area contributed by atoms with Crippen LogP contribution in [0.1, 0.15) is 17.3 Å². The van der Waals surface area contributed by atoms with Gasteiger partial charge in [-0.3, -0.25) is 9.97 Å². The Labute approximate surface area is 116 Å². The largest absolute Gasteiger partial charge is 0.308 e. The lowest BCUT2D eigenvalue weighted by Gasteiger charge is -2.17. The fraction of sp³-hybridized carbons (Fsp3) is 0.125. The highest BCUT2D eigenvalue weighted by Crippen LogP contribution is 2.24. The molecular weight excluding hydrogens is 253 g/mol. The van der Waals surface area contributed by atoms with E-state index in [2.05, 4.69) is 15.3 Å². The number of aromatic nitrogens is 2. The van der Waals surface area contributed by atoms with E-state index < -0.39 is 0 Å². The van der Waals surface area contributed by atoms with Crippen molar-refractivity contribution < 1.29 is 4.39 Å². The molecule has 2 aromatic heterocycles. The van der Waals surface area contributed by atoms with Crippen LogP contribution in [0.15, 0.2) is 54.9 Å². The average Bonchev–Trinajstić information content (AvgIpc) is 2.50. The van der Waals surface area contributed by atoms with Crippen molar-refractivity contribution in [2.24, 2.45) is 0 Å². The number of pyridine rings is 2. The second kappa shape index (κ2) is 5.35. The summed E-state index contributed by atoms with van der Waals surface area (Å²) in [5, 5.41) is 4.18. The van der Waals surface area contributed by atoms with Crippen molar-refractivity contribution in [3.8, 4) is 0 Å². The molecule has 0 radical (unpaired) electrons. The first-order valence-corrected chi connectivity index (χ1v) is 6.42. The Morgan fingerprint density at radius 3 is 2.75 bits per heavy atom. The summed E-state index contributed by atoms with van der Waals surface area (Å²) in [7, 11) is 1.79. The Bertz CT molecular complexity index is 742. The third-order valence-electron chi connectivity index (χ3n) is 3.32. The first-order chi connectivity index (χ1) is 9.79. The van der Waals surface area contributed by atoms with Gasteiger partial charge in [0, 0.05) is 17.1 Å². The van der Waals surface area contributed by atoms with E-state index in [1.54, 1.807) is 19.3 Å². The van der Waals surface area contributed by atoms with Gasteiger partial charge in [0.25, 0.3) is 0 Å². The van der Waals surface area contributed by atoms with E-state index in [0.29, 0.717) is 5.56 Å². The molecule has 0 saturated heterocycles. The lowest BCUT2D eigenvalue weighted by atomic mass is 10.0. The monoisotopic (exact) mass is 267 g/mol. The van der Waals surface area contributed by atoms with Gasteiger partial charge in [-0.05, 0) is 25.2 Å². The van der Waals surface area contributed by atoms with Crippen LogP contribution in [-0.4, -0.2) is 17.0 Å². The Morgan fingerprint density at radius 1 is 1.10 bits per heavy atom. The highest BCUT2D eigenvalue weighted by atomic mass is 19.1. The summed E-state index contributed by atoms with van der Waals surface area (Å²) in [6.45, 7) is 0. The smallest absolute Gasteiger partial charge is 0.146 e. The minimum absolute atomic E-state index is 0.289. The first-order valence-electron chi connectivity index (χ1n) is 6.42. The van der Waals surface area contributed by atoms with Gasteiger partial charge < -0.3 is 5.32 Å². The van der Waals surface area contributed by atoms with Crippen molar-refractivity contribution in [2.75, 3.05) is 7.05 Å². The fourth-order valence-corrected chi connectivity index (χ4v) is 2.33. The van der Waals surface area contributed by atoms with E-state index in [-0.39, 0.29) is 11.9 Å². The topological polar surface area (TPSA) is 37.8 Å². The SMILES string of the molecule is CNC(c1ccc2ccccc2n1)c1ccncc1F. The predicted molar refractivity (Wildman–Crippen MR) is 76.8 cm³/mol. The van der Waals surface area contributed by atoms with Gasteiger partial charge in [0.05, 0.1) is 23.4 Å². The number of halogens is 1. The van der Waals surface area contributed by atoms with Gasteiger partial charge in [0.15, 0.2) is 0 Å². The molecule has 0 spiro atoms. The van der Waals surface area contributed by atoms with E-state index in [0.717, 1.165) is 16.6 Å². The van der Waals surface area contributed by atoms with Crippen molar-refractivity contribution >= 4 is 10.9 Å². The number of para-hydroxylation sites is 1. The summed E-state index contributed by atoms with van der Waals surface area (Å²) in [4.78, 5) is 8.40. The number of rotatable bonds is 3. The molecule has 4 heteroatoms. The van der Waals surface area contributed by atoms with Crippen LogP contribution in [-0.2, 0) is 0 Å². The molecule has 1 N–H and O–H groups in total. The summed E-state index contributed by atoms with van der Waals surface area (Å²) in [6, 6.07) is 13.2.